The molecule has 110 valence electrons. The van der Waals surface area contributed by atoms with E-state index in [0.29, 0.717) is 10.9 Å². The molecular formula is C17H26N2S. The Morgan fingerprint density at radius 3 is 2.70 bits per heavy atom. The molecule has 0 aromatic heterocycles. The van der Waals surface area contributed by atoms with Gasteiger partial charge in [0.2, 0.25) is 0 Å². The van der Waals surface area contributed by atoms with Crippen LogP contribution in [0.15, 0.2) is 30.3 Å². The first kappa shape index (κ1) is 15.5. The van der Waals surface area contributed by atoms with Crippen molar-refractivity contribution >= 4 is 17.2 Å². The largest absolute Gasteiger partial charge is 0.393 e. The third-order valence-electron chi connectivity index (χ3n) is 4.49. The minimum atomic E-state index is -0.00606. The molecule has 0 spiro atoms. The van der Waals surface area contributed by atoms with Crippen LogP contribution in [-0.2, 0) is 0 Å². The Bertz CT molecular complexity index is 442. The zero-order valence-corrected chi connectivity index (χ0v) is 13.5. The summed E-state index contributed by atoms with van der Waals surface area (Å²) < 4.78 is 0. The molecule has 2 nitrogen and oxygen atoms in total. The summed E-state index contributed by atoms with van der Waals surface area (Å²) in [5.74, 6) is 0.708. The smallest absolute Gasteiger partial charge is 0.0784 e. The molecule has 1 aromatic carbocycles. The molecule has 0 saturated carbocycles. The number of rotatable bonds is 6. The Morgan fingerprint density at radius 2 is 2.05 bits per heavy atom. The van der Waals surface area contributed by atoms with Crippen molar-refractivity contribution in [2.45, 2.75) is 39.0 Å². The highest BCUT2D eigenvalue weighted by atomic mass is 32.1. The molecule has 1 aromatic rings. The summed E-state index contributed by atoms with van der Waals surface area (Å²) in [5.41, 5.74) is 7.26. The summed E-state index contributed by atoms with van der Waals surface area (Å²) in [6.45, 7) is 7.86. The highest BCUT2D eigenvalue weighted by Crippen LogP contribution is 2.28. The summed E-state index contributed by atoms with van der Waals surface area (Å²) in [6.07, 6.45) is 3.53. The maximum absolute atomic E-state index is 5.78. The van der Waals surface area contributed by atoms with Gasteiger partial charge in [-0.05, 0) is 43.8 Å². The number of hydrogen-bond acceptors (Lipinski definition) is 2. The molecule has 0 aliphatic carbocycles. The fourth-order valence-corrected chi connectivity index (χ4v) is 3.00. The van der Waals surface area contributed by atoms with E-state index in [1.54, 1.807) is 0 Å². The first-order valence-corrected chi connectivity index (χ1v) is 7.97. The van der Waals surface area contributed by atoms with Crippen LogP contribution in [0.1, 0.15) is 44.6 Å². The maximum Gasteiger partial charge on any atom is 0.0784 e. The molecule has 3 heteroatoms. The van der Waals surface area contributed by atoms with Crippen molar-refractivity contribution in [2.75, 3.05) is 19.6 Å². The van der Waals surface area contributed by atoms with Gasteiger partial charge in [-0.2, -0.15) is 0 Å². The second-order valence-electron chi connectivity index (χ2n) is 6.55. The van der Waals surface area contributed by atoms with Crippen molar-refractivity contribution in [3.8, 4) is 0 Å². The predicted molar refractivity (Wildman–Crippen MR) is 90.0 cm³/mol. The van der Waals surface area contributed by atoms with E-state index in [4.69, 9.17) is 18.0 Å². The topological polar surface area (TPSA) is 29.3 Å². The summed E-state index contributed by atoms with van der Waals surface area (Å²) in [6, 6.07) is 10.9. The van der Waals surface area contributed by atoms with Gasteiger partial charge < -0.3 is 10.6 Å². The van der Waals surface area contributed by atoms with Crippen LogP contribution in [0.4, 0.5) is 0 Å². The van der Waals surface area contributed by atoms with Crippen molar-refractivity contribution in [2.24, 2.45) is 11.1 Å². The van der Waals surface area contributed by atoms with Gasteiger partial charge in [0.05, 0.1) is 4.99 Å². The number of thiocarbonyl (C=S) groups is 1. The van der Waals surface area contributed by atoms with Crippen LogP contribution in [0.25, 0.3) is 0 Å². The molecule has 1 heterocycles. The summed E-state index contributed by atoms with van der Waals surface area (Å²) in [7, 11) is 0. The Morgan fingerprint density at radius 1 is 1.35 bits per heavy atom. The lowest BCUT2D eigenvalue weighted by Gasteiger charge is -2.24. The van der Waals surface area contributed by atoms with Gasteiger partial charge in [-0.3, -0.25) is 0 Å². The molecule has 2 rings (SSSR count). The molecule has 0 radical (unpaired) electrons. The third kappa shape index (κ3) is 4.03. The number of benzene rings is 1. The van der Waals surface area contributed by atoms with Gasteiger partial charge in [0.25, 0.3) is 0 Å². The van der Waals surface area contributed by atoms with E-state index in [-0.39, 0.29) is 5.41 Å². The minimum Gasteiger partial charge on any atom is -0.393 e. The fourth-order valence-electron chi connectivity index (χ4n) is 2.90. The van der Waals surface area contributed by atoms with Gasteiger partial charge in [-0.15, -0.1) is 0 Å². The monoisotopic (exact) mass is 290 g/mol. The molecule has 0 bridgehead atoms. The van der Waals surface area contributed by atoms with Crippen LogP contribution in [0.3, 0.4) is 0 Å². The van der Waals surface area contributed by atoms with Gasteiger partial charge in [0, 0.05) is 12.0 Å². The molecule has 1 aliphatic heterocycles. The lowest BCUT2D eigenvalue weighted by atomic mass is 9.88. The number of nitrogens with two attached hydrogens (primary N) is 1. The number of likely N-dealkylation sites (tertiary alicyclic amines) is 1. The lowest BCUT2D eigenvalue weighted by Crippen LogP contribution is -2.31. The molecular weight excluding hydrogens is 264 g/mol. The quantitative estimate of drug-likeness (QED) is 0.812. The van der Waals surface area contributed by atoms with E-state index in [1.165, 1.54) is 31.5 Å². The minimum absolute atomic E-state index is 0.00606. The van der Waals surface area contributed by atoms with Crippen LogP contribution in [-0.4, -0.2) is 29.5 Å². The Hall–Kier alpha value is -0.930. The average Bonchev–Trinajstić information content (AvgIpc) is 2.88. The van der Waals surface area contributed by atoms with Crippen LogP contribution in [0.2, 0.25) is 0 Å². The Labute approximate surface area is 128 Å². The van der Waals surface area contributed by atoms with E-state index < -0.39 is 0 Å². The van der Waals surface area contributed by atoms with E-state index in [0.717, 1.165) is 13.0 Å². The SMILES string of the molecule is CC(C)(CCCN1CCC(c2ccccc2)C1)C(N)=S. The first-order chi connectivity index (χ1) is 9.49. The number of nitrogens with zero attached hydrogens (tertiary/aromatic N) is 1. The van der Waals surface area contributed by atoms with E-state index in [1.807, 2.05) is 0 Å². The van der Waals surface area contributed by atoms with Crippen molar-refractivity contribution < 1.29 is 0 Å². The zero-order chi connectivity index (χ0) is 14.6. The van der Waals surface area contributed by atoms with Crippen molar-refractivity contribution in [3.05, 3.63) is 35.9 Å². The Kier molecular flexibility index (Phi) is 5.17. The van der Waals surface area contributed by atoms with Gasteiger partial charge in [0.15, 0.2) is 0 Å². The average molecular weight is 290 g/mol. The highest BCUT2D eigenvalue weighted by molar-refractivity contribution is 7.80. The predicted octanol–water partition coefficient (Wildman–Crippen LogP) is 3.57. The van der Waals surface area contributed by atoms with Gasteiger partial charge in [-0.1, -0.05) is 56.4 Å². The van der Waals surface area contributed by atoms with Gasteiger partial charge >= 0.3 is 0 Å². The number of hydrogen-bond donors (Lipinski definition) is 1. The molecule has 0 amide bonds. The molecule has 1 unspecified atom stereocenters. The van der Waals surface area contributed by atoms with E-state index in [9.17, 15) is 0 Å². The standard InChI is InChI=1S/C17H26N2S/c1-17(2,16(18)20)10-6-11-19-12-9-15(13-19)14-7-4-3-5-8-14/h3-5,7-8,15H,6,9-13H2,1-2H3,(H2,18,20). The van der Waals surface area contributed by atoms with E-state index >= 15 is 0 Å². The highest BCUT2D eigenvalue weighted by Gasteiger charge is 2.25. The van der Waals surface area contributed by atoms with Crippen LogP contribution < -0.4 is 5.73 Å². The molecule has 1 saturated heterocycles. The lowest BCUT2D eigenvalue weighted by molar-refractivity contribution is 0.307. The van der Waals surface area contributed by atoms with Crippen molar-refractivity contribution in [3.63, 3.8) is 0 Å². The normalized spacial score (nSPS) is 20.2. The maximum atomic E-state index is 5.78. The van der Waals surface area contributed by atoms with Gasteiger partial charge in [0.1, 0.15) is 0 Å². The summed E-state index contributed by atoms with van der Waals surface area (Å²) in [5, 5.41) is 0. The van der Waals surface area contributed by atoms with Crippen molar-refractivity contribution in [1.82, 2.24) is 4.90 Å². The molecule has 2 N–H and O–H groups in total. The first-order valence-electron chi connectivity index (χ1n) is 7.56. The second kappa shape index (κ2) is 6.68. The van der Waals surface area contributed by atoms with E-state index in [2.05, 4.69) is 49.1 Å². The molecule has 1 fully saturated rings. The second-order valence-corrected chi connectivity index (χ2v) is 6.99. The molecule has 20 heavy (non-hydrogen) atoms. The van der Waals surface area contributed by atoms with Crippen LogP contribution in [0, 0.1) is 5.41 Å². The van der Waals surface area contributed by atoms with Gasteiger partial charge in [-0.25, -0.2) is 0 Å². The zero-order valence-electron chi connectivity index (χ0n) is 12.6. The Balaban J connectivity index is 1.76. The summed E-state index contributed by atoms with van der Waals surface area (Å²) in [4.78, 5) is 3.22. The van der Waals surface area contributed by atoms with Crippen LogP contribution in [0.5, 0.6) is 0 Å². The fraction of sp³-hybridized carbons (Fsp3) is 0.588. The van der Waals surface area contributed by atoms with Crippen LogP contribution >= 0.6 is 12.2 Å². The summed E-state index contributed by atoms with van der Waals surface area (Å²) >= 11 is 5.13. The third-order valence-corrected chi connectivity index (χ3v) is 5.04. The molecule has 1 atom stereocenters. The van der Waals surface area contributed by atoms with Crippen molar-refractivity contribution in [1.29, 1.82) is 0 Å². The molecule has 1 aliphatic rings.